The summed E-state index contributed by atoms with van der Waals surface area (Å²) in [6.45, 7) is 2.59. The van der Waals surface area contributed by atoms with Crippen molar-refractivity contribution in [1.82, 2.24) is 0 Å². The molecule has 0 amide bonds. The lowest BCUT2D eigenvalue weighted by Gasteiger charge is -2.14. The molecule has 1 N–H and O–H groups in total. The van der Waals surface area contributed by atoms with E-state index in [0.29, 0.717) is 11.3 Å². The average molecular weight is 264 g/mol. The summed E-state index contributed by atoms with van der Waals surface area (Å²) in [5, 5.41) is 9.52. The zero-order valence-electron chi connectivity index (χ0n) is 10.1. The van der Waals surface area contributed by atoms with E-state index in [0.717, 1.165) is 5.56 Å². The van der Waals surface area contributed by atoms with Gasteiger partial charge in [-0.05, 0) is 26.0 Å². The molecule has 0 aliphatic carbocycles. The Hall–Kier alpha value is -1.27. The summed E-state index contributed by atoms with van der Waals surface area (Å²) < 4.78 is 43.9. The second-order valence-corrected chi connectivity index (χ2v) is 3.86. The molecule has 102 valence electrons. The Labute approximate surface area is 103 Å². The van der Waals surface area contributed by atoms with E-state index in [1.54, 1.807) is 25.1 Å². The van der Waals surface area contributed by atoms with Crippen molar-refractivity contribution >= 4 is 0 Å². The minimum atomic E-state index is -4.65. The third-order valence-electron chi connectivity index (χ3n) is 2.22. The fourth-order valence-corrected chi connectivity index (χ4v) is 1.43. The van der Waals surface area contributed by atoms with Crippen LogP contribution < -0.4 is 4.74 Å². The molecule has 18 heavy (non-hydrogen) atoms. The smallest absolute Gasteiger partial charge is 0.491 e. The minimum Gasteiger partial charge on any atom is -0.491 e. The van der Waals surface area contributed by atoms with Gasteiger partial charge in [0.25, 0.3) is 0 Å². The number of alkyl halides is 3. The Balaban J connectivity index is 2.57. The van der Waals surface area contributed by atoms with Gasteiger partial charge in [-0.3, -0.25) is 4.74 Å². The largest absolute Gasteiger partial charge is 0.522 e. The molecule has 0 aliphatic heterocycles. The van der Waals surface area contributed by atoms with Crippen molar-refractivity contribution in [2.24, 2.45) is 0 Å². The van der Waals surface area contributed by atoms with Crippen LogP contribution in [0.4, 0.5) is 13.2 Å². The highest BCUT2D eigenvalue weighted by Gasteiger charge is 2.28. The molecule has 1 unspecified atom stereocenters. The maximum atomic E-state index is 11.7. The molecule has 1 rings (SSSR count). The Bertz CT molecular complexity index is 389. The number of halogens is 3. The van der Waals surface area contributed by atoms with Crippen molar-refractivity contribution in [2.45, 2.75) is 26.3 Å². The van der Waals surface area contributed by atoms with Crippen LogP contribution in [0, 0.1) is 6.92 Å². The predicted molar refractivity (Wildman–Crippen MR) is 59.3 cm³/mol. The van der Waals surface area contributed by atoms with Crippen LogP contribution in [0.5, 0.6) is 5.75 Å². The molecule has 1 aromatic carbocycles. The van der Waals surface area contributed by atoms with Gasteiger partial charge in [0, 0.05) is 5.56 Å². The number of benzene rings is 1. The molecule has 1 atom stereocenters. The van der Waals surface area contributed by atoms with E-state index in [1.807, 2.05) is 6.92 Å². The van der Waals surface area contributed by atoms with Crippen molar-refractivity contribution in [3.63, 3.8) is 0 Å². The molecule has 0 bridgehead atoms. The fraction of sp³-hybridized carbons (Fsp3) is 0.500. The summed E-state index contributed by atoms with van der Waals surface area (Å²) >= 11 is 0. The molecule has 0 fully saturated rings. The van der Waals surface area contributed by atoms with E-state index in [1.165, 1.54) is 0 Å². The highest BCUT2D eigenvalue weighted by Crippen LogP contribution is 2.26. The quantitative estimate of drug-likeness (QED) is 0.831. The van der Waals surface area contributed by atoms with Gasteiger partial charge >= 0.3 is 6.36 Å². The number of hydrogen-bond acceptors (Lipinski definition) is 3. The Morgan fingerprint density at radius 2 is 1.94 bits per heavy atom. The van der Waals surface area contributed by atoms with Crippen LogP contribution in [-0.2, 0) is 4.74 Å². The van der Waals surface area contributed by atoms with E-state index in [4.69, 9.17) is 4.74 Å². The first kappa shape index (κ1) is 14.8. The second kappa shape index (κ2) is 6.06. The van der Waals surface area contributed by atoms with Crippen LogP contribution in [0.1, 0.15) is 24.2 Å². The molecule has 0 saturated carbocycles. The number of ether oxygens (including phenoxy) is 2. The first-order valence-corrected chi connectivity index (χ1v) is 5.41. The van der Waals surface area contributed by atoms with E-state index in [9.17, 15) is 18.3 Å². The van der Waals surface area contributed by atoms with Gasteiger partial charge < -0.3 is 9.84 Å². The third kappa shape index (κ3) is 4.93. The average Bonchev–Trinajstić information content (AvgIpc) is 2.24. The SMILES string of the molecule is Cc1ccc(OCCOC(F)(F)F)c(C(C)O)c1. The van der Waals surface area contributed by atoms with E-state index in [2.05, 4.69) is 4.74 Å². The predicted octanol–water partition coefficient (Wildman–Crippen LogP) is 2.96. The fourth-order valence-electron chi connectivity index (χ4n) is 1.43. The molecule has 0 radical (unpaired) electrons. The molecular weight excluding hydrogens is 249 g/mol. The molecular formula is C12H15F3O3. The lowest BCUT2D eigenvalue weighted by atomic mass is 10.1. The number of aryl methyl sites for hydroxylation is 1. The molecule has 0 aliphatic rings. The third-order valence-corrected chi connectivity index (χ3v) is 2.22. The van der Waals surface area contributed by atoms with Gasteiger partial charge in [0.1, 0.15) is 12.4 Å². The molecule has 0 aromatic heterocycles. The number of aliphatic hydroxyl groups excluding tert-OH is 1. The van der Waals surface area contributed by atoms with Crippen LogP contribution in [0.15, 0.2) is 18.2 Å². The number of rotatable bonds is 5. The lowest BCUT2D eigenvalue weighted by Crippen LogP contribution is -2.18. The van der Waals surface area contributed by atoms with Crippen LogP contribution in [-0.4, -0.2) is 24.7 Å². The van der Waals surface area contributed by atoms with Gasteiger partial charge in [0.15, 0.2) is 0 Å². The zero-order chi connectivity index (χ0) is 13.8. The standard InChI is InChI=1S/C12H15F3O3/c1-8-3-4-11(10(7-8)9(2)16)17-5-6-18-12(13,14)15/h3-4,7,9,16H,5-6H2,1-2H3. The van der Waals surface area contributed by atoms with Gasteiger partial charge in [-0.25, -0.2) is 0 Å². The minimum absolute atomic E-state index is 0.234. The lowest BCUT2D eigenvalue weighted by molar-refractivity contribution is -0.325. The Kier molecular flexibility index (Phi) is 4.98. The van der Waals surface area contributed by atoms with Gasteiger partial charge in [-0.15, -0.1) is 13.2 Å². The number of hydrogen-bond donors (Lipinski definition) is 1. The van der Waals surface area contributed by atoms with Crippen LogP contribution in [0.25, 0.3) is 0 Å². The maximum Gasteiger partial charge on any atom is 0.522 e. The second-order valence-electron chi connectivity index (χ2n) is 3.86. The molecule has 0 spiro atoms. The van der Waals surface area contributed by atoms with Gasteiger partial charge in [-0.1, -0.05) is 11.6 Å². The van der Waals surface area contributed by atoms with Crippen LogP contribution in [0.2, 0.25) is 0 Å². The summed E-state index contributed by atoms with van der Waals surface area (Å²) in [6, 6.07) is 5.10. The zero-order valence-corrected chi connectivity index (χ0v) is 10.1. The molecule has 6 heteroatoms. The Morgan fingerprint density at radius 1 is 1.28 bits per heavy atom. The number of aliphatic hydroxyl groups is 1. The van der Waals surface area contributed by atoms with Gasteiger partial charge in [0.2, 0.25) is 0 Å². The molecule has 3 nitrogen and oxygen atoms in total. The van der Waals surface area contributed by atoms with Gasteiger partial charge in [-0.2, -0.15) is 0 Å². The van der Waals surface area contributed by atoms with Crippen molar-refractivity contribution in [2.75, 3.05) is 13.2 Å². The van der Waals surface area contributed by atoms with Gasteiger partial charge in [0.05, 0.1) is 12.7 Å². The summed E-state index contributed by atoms with van der Waals surface area (Å²) in [4.78, 5) is 0. The first-order chi connectivity index (χ1) is 8.29. The molecule has 1 aromatic rings. The Morgan fingerprint density at radius 3 is 2.50 bits per heavy atom. The first-order valence-electron chi connectivity index (χ1n) is 5.41. The molecule has 0 heterocycles. The van der Waals surface area contributed by atoms with Crippen molar-refractivity contribution in [3.05, 3.63) is 29.3 Å². The van der Waals surface area contributed by atoms with E-state index in [-0.39, 0.29) is 6.61 Å². The van der Waals surface area contributed by atoms with E-state index < -0.39 is 19.1 Å². The van der Waals surface area contributed by atoms with Crippen LogP contribution in [0.3, 0.4) is 0 Å². The monoisotopic (exact) mass is 264 g/mol. The van der Waals surface area contributed by atoms with Crippen molar-refractivity contribution in [1.29, 1.82) is 0 Å². The highest BCUT2D eigenvalue weighted by atomic mass is 19.4. The van der Waals surface area contributed by atoms with Crippen molar-refractivity contribution in [3.8, 4) is 5.75 Å². The summed E-state index contributed by atoms with van der Waals surface area (Å²) in [6.07, 6.45) is -5.40. The van der Waals surface area contributed by atoms with E-state index >= 15 is 0 Å². The summed E-state index contributed by atoms with van der Waals surface area (Å²) in [5.74, 6) is 0.362. The van der Waals surface area contributed by atoms with Crippen LogP contribution >= 0.6 is 0 Å². The van der Waals surface area contributed by atoms with Crippen molar-refractivity contribution < 1.29 is 27.8 Å². The summed E-state index contributed by atoms with van der Waals surface area (Å²) in [5.41, 5.74) is 1.48. The maximum absolute atomic E-state index is 11.7. The topological polar surface area (TPSA) is 38.7 Å². The summed E-state index contributed by atoms with van der Waals surface area (Å²) in [7, 11) is 0. The molecule has 0 saturated heterocycles. The normalized spacial score (nSPS) is 13.4. The highest BCUT2D eigenvalue weighted by molar-refractivity contribution is 5.38.